The summed E-state index contributed by atoms with van der Waals surface area (Å²) < 4.78 is 0. The third-order valence-electron chi connectivity index (χ3n) is 3.54. The second-order valence-corrected chi connectivity index (χ2v) is 5.09. The van der Waals surface area contributed by atoms with Gasteiger partial charge in [0.15, 0.2) is 0 Å². The molecule has 0 aliphatic rings. The molecule has 0 aliphatic carbocycles. The minimum atomic E-state index is 0.455. The van der Waals surface area contributed by atoms with Crippen molar-refractivity contribution in [2.45, 2.75) is 67.7 Å². The molecule has 14 heavy (non-hydrogen) atoms. The predicted octanol–water partition coefficient (Wildman–Crippen LogP) is 4.45. The molecule has 0 saturated carbocycles. The van der Waals surface area contributed by atoms with Crippen LogP contribution in [0, 0.1) is 10.8 Å². The van der Waals surface area contributed by atoms with Crippen molar-refractivity contribution in [2.75, 3.05) is 0 Å². The zero-order valence-electron chi connectivity index (χ0n) is 11.1. The molecule has 0 saturated heterocycles. The Labute approximate surface area is 90.3 Å². The van der Waals surface area contributed by atoms with E-state index in [1.807, 2.05) is 6.92 Å². The van der Waals surface area contributed by atoms with Gasteiger partial charge in [-0.15, -0.1) is 0 Å². The number of aldehydes is 1. The SMILES string of the molecule is CCC(C)(CC)C(C)(C)C.CCC=O. The first-order chi connectivity index (χ1) is 6.29. The Morgan fingerprint density at radius 1 is 0.929 bits per heavy atom. The summed E-state index contributed by atoms with van der Waals surface area (Å²) in [5.74, 6) is 0. The molecule has 0 unspecified atom stereocenters. The highest BCUT2D eigenvalue weighted by Gasteiger charge is 2.33. The molecule has 0 aromatic heterocycles. The lowest BCUT2D eigenvalue weighted by atomic mass is 9.65. The van der Waals surface area contributed by atoms with Crippen LogP contribution in [0.15, 0.2) is 0 Å². The van der Waals surface area contributed by atoms with Gasteiger partial charge in [0, 0.05) is 6.42 Å². The van der Waals surface area contributed by atoms with E-state index in [9.17, 15) is 4.79 Å². The maximum absolute atomic E-state index is 9.17. The van der Waals surface area contributed by atoms with E-state index in [1.165, 1.54) is 12.8 Å². The minimum Gasteiger partial charge on any atom is -0.303 e. The lowest BCUT2D eigenvalue weighted by molar-refractivity contribution is -0.107. The maximum atomic E-state index is 9.17. The summed E-state index contributed by atoms with van der Waals surface area (Å²) in [5, 5.41) is 0. The van der Waals surface area contributed by atoms with Crippen LogP contribution in [0.2, 0.25) is 0 Å². The van der Waals surface area contributed by atoms with Gasteiger partial charge < -0.3 is 4.79 Å². The van der Waals surface area contributed by atoms with Crippen molar-refractivity contribution in [1.29, 1.82) is 0 Å². The van der Waals surface area contributed by atoms with Gasteiger partial charge in [-0.3, -0.25) is 0 Å². The highest BCUT2D eigenvalue weighted by atomic mass is 16.1. The van der Waals surface area contributed by atoms with E-state index < -0.39 is 0 Å². The molecule has 0 bridgehead atoms. The highest BCUT2D eigenvalue weighted by molar-refractivity contribution is 5.48. The largest absolute Gasteiger partial charge is 0.303 e. The Balaban J connectivity index is 0. The Kier molecular flexibility index (Phi) is 8.09. The molecule has 0 spiro atoms. The van der Waals surface area contributed by atoms with Crippen molar-refractivity contribution < 1.29 is 4.79 Å². The smallest absolute Gasteiger partial charge is 0.119 e. The van der Waals surface area contributed by atoms with E-state index in [0.29, 0.717) is 17.3 Å². The van der Waals surface area contributed by atoms with Crippen LogP contribution < -0.4 is 0 Å². The Bertz CT molecular complexity index is 138. The topological polar surface area (TPSA) is 17.1 Å². The van der Waals surface area contributed by atoms with E-state index in [-0.39, 0.29) is 0 Å². The maximum Gasteiger partial charge on any atom is 0.119 e. The molecule has 0 aromatic carbocycles. The van der Waals surface area contributed by atoms with Crippen molar-refractivity contribution in [2.24, 2.45) is 10.8 Å². The van der Waals surface area contributed by atoms with Gasteiger partial charge in [-0.1, -0.05) is 61.3 Å². The monoisotopic (exact) mass is 200 g/mol. The molecule has 1 heteroatoms. The van der Waals surface area contributed by atoms with Crippen LogP contribution >= 0.6 is 0 Å². The third-order valence-corrected chi connectivity index (χ3v) is 3.54. The van der Waals surface area contributed by atoms with Crippen LogP contribution in [0.25, 0.3) is 0 Å². The Morgan fingerprint density at radius 3 is 1.21 bits per heavy atom. The fourth-order valence-corrected chi connectivity index (χ4v) is 1.31. The van der Waals surface area contributed by atoms with E-state index >= 15 is 0 Å². The fourth-order valence-electron chi connectivity index (χ4n) is 1.31. The first-order valence-corrected chi connectivity index (χ1v) is 5.72. The van der Waals surface area contributed by atoms with E-state index in [1.54, 1.807) is 0 Å². The highest BCUT2D eigenvalue weighted by Crippen LogP contribution is 2.43. The van der Waals surface area contributed by atoms with Gasteiger partial charge in [0.2, 0.25) is 0 Å². The average molecular weight is 200 g/mol. The lowest BCUT2D eigenvalue weighted by Crippen LogP contribution is -2.31. The van der Waals surface area contributed by atoms with E-state index in [2.05, 4.69) is 41.5 Å². The zero-order chi connectivity index (χ0) is 11.8. The molecule has 0 aromatic rings. The quantitative estimate of drug-likeness (QED) is 0.615. The van der Waals surface area contributed by atoms with Crippen LogP contribution in [0.4, 0.5) is 0 Å². The molecule has 1 nitrogen and oxygen atoms in total. The van der Waals surface area contributed by atoms with Crippen LogP contribution in [0.3, 0.4) is 0 Å². The standard InChI is InChI=1S/C10H22.C3H6O/c1-7-10(6,8-2)9(3,4)5;1-2-3-4/h7-8H2,1-6H3;3H,2H2,1H3. The van der Waals surface area contributed by atoms with E-state index in [0.717, 1.165) is 6.29 Å². The number of hydrogen-bond acceptors (Lipinski definition) is 1. The minimum absolute atomic E-state index is 0.455. The molecule has 0 heterocycles. The van der Waals surface area contributed by atoms with Crippen molar-refractivity contribution in [3.8, 4) is 0 Å². The Morgan fingerprint density at radius 2 is 1.21 bits per heavy atom. The van der Waals surface area contributed by atoms with Crippen molar-refractivity contribution in [3.63, 3.8) is 0 Å². The average Bonchev–Trinajstić information content (AvgIpc) is 2.15. The predicted molar refractivity (Wildman–Crippen MR) is 64.5 cm³/mol. The molecule has 0 radical (unpaired) electrons. The molecular weight excluding hydrogens is 172 g/mol. The van der Waals surface area contributed by atoms with Crippen LogP contribution in [0.5, 0.6) is 0 Å². The second kappa shape index (κ2) is 7.03. The first kappa shape index (κ1) is 16.1. The molecule has 0 fully saturated rings. The third kappa shape index (κ3) is 5.41. The van der Waals surface area contributed by atoms with E-state index in [4.69, 9.17) is 0 Å². The van der Waals surface area contributed by atoms with Crippen molar-refractivity contribution in [3.05, 3.63) is 0 Å². The summed E-state index contributed by atoms with van der Waals surface area (Å²) in [7, 11) is 0. The van der Waals surface area contributed by atoms with Crippen molar-refractivity contribution >= 4 is 6.29 Å². The summed E-state index contributed by atoms with van der Waals surface area (Å²) in [4.78, 5) is 9.17. The molecule has 0 N–H and O–H groups in total. The van der Waals surface area contributed by atoms with Crippen LogP contribution in [-0.4, -0.2) is 6.29 Å². The summed E-state index contributed by atoms with van der Waals surface area (Å²) in [6, 6.07) is 0. The second-order valence-electron chi connectivity index (χ2n) is 5.09. The van der Waals surface area contributed by atoms with Gasteiger partial charge in [0.05, 0.1) is 0 Å². The van der Waals surface area contributed by atoms with Gasteiger partial charge in [-0.2, -0.15) is 0 Å². The summed E-state index contributed by atoms with van der Waals surface area (Å²) >= 11 is 0. The molecule has 0 rings (SSSR count). The van der Waals surface area contributed by atoms with Gasteiger partial charge in [-0.25, -0.2) is 0 Å². The van der Waals surface area contributed by atoms with Gasteiger partial charge in [0.25, 0.3) is 0 Å². The van der Waals surface area contributed by atoms with Crippen LogP contribution in [-0.2, 0) is 4.79 Å². The van der Waals surface area contributed by atoms with Gasteiger partial charge in [-0.05, 0) is 10.8 Å². The summed E-state index contributed by atoms with van der Waals surface area (Å²) in [5.41, 5.74) is 0.976. The first-order valence-electron chi connectivity index (χ1n) is 5.72. The van der Waals surface area contributed by atoms with Crippen molar-refractivity contribution in [1.82, 2.24) is 0 Å². The van der Waals surface area contributed by atoms with Crippen LogP contribution in [0.1, 0.15) is 67.7 Å². The van der Waals surface area contributed by atoms with Gasteiger partial charge >= 0.3 is 0 Å². The number of carbonyl (C=O) groups excluding carboxylic acids is 1. The number of carbonyl (C=O) groups is 1. The van der Waals surface area contributed by atoms with Gasteiger partial charge in [0.1, 0.15) is 6.29 Å². The normalized spacial score (nSPS) is 11.6. The fraction of sp³-hybridized carbons (Fsp3) is 0.923. The molecule has 0 atom stereocenters. The Hall–Kier alpha value is -0.330. The zero-order valence-corrected chi connectivity index (χ0v) is 11.1. The molecular formula is C13H28O. The molecule has 0 amide bonds. The lowest BCUT2D eigenvalue weighted by Gasteiger charge is -2.40. The molecule has 86 valence electrons. The molecule has 0 aliphatic heterocycles. The summed E-state index contributed by atoms with van der Waals surface area (Å²) in [6.45, 7) is 15.8. The number of hydrogen-bond donors (Lipinski definition) is 0. The summed E-state index contributed by atoms with van der Waals surface area (Å²) in [6.07, 6.45) is 4.08. The number of rotatable bonds is 3.